The lowest BCUT2D eigenvalue weighted by Crippen LogP contribution is -2.64. The number of fused-ring (bicyclic) bond motifs is 2. The number of rotatable bonds is 5. The molecule has 2 atom stereocenters. The van der Waals surface area contributed by atoms with Crippen LogP contribution in [0.1, 0.15) is 5.01 Å². The second-order valence-electron chi connectivity index (χ2n) is 5.20. The average Bonchev–Trinajstić information content (AvgIpc) is 2.89. The van der Waals surface area contributed by atoms with Crippen LogP contribution in [0.5, 0.6) is 0 Å². The van der Waals surface area contributed by atoms with Crippen LogP contribution < -0.4 is 0 Å². The topological polar surface area (TPSA) is 37.8 Å². The molecule has 3 rings (SSSR count). The largest absolute Gasteiger partial charge is 0.383 e. The zero-order chi connectivity index (χ0) is 13.1. The number of thiazole rings is 1. The van der Waals surface area contributed by atoms with Crippen molar-refractivity contribution in [3.63, 3.8) is 0 Å². The van der Waals surface area contributed by atoms with Crippen molar-refractivity contribution < 1.29 is 9.47 Å². The van der Waals surface area contributed by atoms with Crippen LogP contribution in [0.2, 0.25) is 0 Å². The van der Waals surface area contributed by atoms with Gasteiger partial charge in [-0.05, 0) is 0 Å². The third kappa shape index (κ3) is 3.14. The lowest BCUT2D eigenvalue weighted by molar-refractivity contribution is -0.104. The molecule has 0 unspecified atom stereocenters. The highest BCUT2D eigenvalue weighted by molar-refractivity contribution is 7.09. The Balaban J connectivity index is 1.61. The van der Waals surface area contributed by atoms with Crippen LogP contribution in [0.15, 0.2) is 11.6 Å². The van der Waals surface area contributed by atoms with Crippen molar-refractivity contribution in [3.8, 4) is 0 Å². The molecular weight excluding hydrogens is 262 g/mol. The fourth-order valence-electron chi connectivity index (χ4n) is 3.03. The molecule has 0 amide bonds. The molecule has 1 aromatic heterocycles. The van der Waals surface area contributed by atoms with E-state index in [1.807, 2.05) is 11.6 Å². The molecular formula is C13H21N3O2S. The van der Waals surface area contributed by atoms with Crippen molar-refractivity contribution in [1.82, 2.24) is 14.8 Å². The smallest absolute Gasteiger partial charge is 0.107 e. The zero-order valence-corrected chi connectivity index (χ0v) is 12.1. The van der Waals surface area contributed by atoms with E-state index in [9.17, 15) is 0 Å². The van der Waals surface area contributed by atoms with Crippen LogP contribution in [0.4, 0.5) is 0 Å². The second kappa shape index (κ2) is 6.28. The Morgan fingerprint density at radius 2 is 2.21 bits per heavy atom. The second-order valence-corrected chi connectivity index (χ2v) is 6.17. The molecule has 106 valence electrons. The summed E-state index contributed by atoms with van der Waals surface area (Å²) < 4.78 is 10.9. The van der Waals surface area contributed by atoms with Gasteiger partial charge in [0.05, 0.1) is 26.4 Å². The lowest BCUT2D eigenvalue weighted by Gasteiger charge is -2.49. The molecule has 2 aliphatic rings. The molecule has 3 heterocycles. The van der Waals surface area contributed by atoms with E-state index in [4.69, 9.17) is 9.47 Å². The van der Waals surface area contributed by atoms with Gasteiger partial charge in [0.2, 0.25) is 0 Å². The molecule has 0 saturated carbocycles. The first-order valence-electron chi connectivity index (χ1n) is 6.80. The van der Waals surface area contributed by atoms with Gasteiger partial charge in [-0.2, -0.15) is 0 Å². The van der Waals surface area contributed by atoms with Crippen LogP contribution >= 0.6 is 11.3 Å². The first-order valence-corrected chi connectivity index (χ1v) is 7.68. The van der Waals surface area contributed by atoms with E-state index in [0.717, 1.165) is 46.0 Å². The molecule has 0 aromatic carbocycles. The quantitative estimate of drug-likeness (QED) is 0.794. The van der Waals surface area contributed by atoms with Crippen LogP contribution in [0.25, 0.3) is 0 Å². The number of methoxy groups -OCH3 is 1. The van der Waals surface area contributed by atoms with E-state index < -0.39 is 0 Å². The molecule has 5 nitrogen and oxygen atoms in total. The fraction of sp³-hybridized carbons (Fsp3) is 0.769. The molecule has 0 radical (unpaired) electrons. The van der Waals surface area contributed by atoms with Gasteiger partial charge in [0, 0.05) is 50.4 Å². The Morgan fingerprint density at radius 3 is 2.84 bits per heavy atom. The van der Waals surface area contributed by atoms with Gasteiger partial charge in [0.1, 0.15) is 5.01 Å². The van der Waals surface area contributed by atoms with Gasteiger partial charge in [-0.25, -0.2) is 4.98 Å². The van der Waals surface area contributed by atoms with Gasteiger partial charge >= 0.3 is 0 Å². The molecule has 0 N–H and O–H groups in total. The summed E-state index contributed by atoms with van der Waals surface area (Å²) in [5.74, 6) is 0. The molecule has 0 aliphatic carbocycles. The average molecular weight is 283 g/mol. The molecule has 2 bridgehead atoms. The van der Waals surface area contributed by atoms with Crippen LogP contribution in [0.3, 0.4) is 0 Å². The van der Waals surface area contributed by atoms with Crippen molar-refractivity contribution in [2.45, 2.75) is 18.6 Å². The van der Waals surface area contributed by atoms with Gasteiger partial charge in [0.25, 0.3) is 0 Å². The van der Waals surface area contributed by atoms with Crippen molar-refractivity contribution in [3.05, 3.63) is 16.6 Å². The maximum Gasteiger partial charge on any atom is 0.107 e. The van der Waals surface area contributed by atoms with Crippen molar-refractivity contribution in [1.29, 1.82) is 0 Å². The Labute approximate surface area is 118 Å². The van der Waals surface area contributed by atoms with E-state index in [1.165, 1.54) is 5.01 Å². The molecule has 1 aromatic rings. The Morgan fingerprint density at radius 1 is 1.42 bits per heavy atom. The number of aromatic nitrogens is 1. The standard InChI is InChI=1S/C13H21N3O2S/c1-17-4-3-16-11-6-15(7-12(16)10-18-9-11)8-13-14-2-5-19-13/h2,5,11-12H,3-4,6-10H2,1H3/t11-,12-/m1/s1. The summed E-state index contributed by atoms with van der Waals surface area (Å²) in [6.07, 6.45) is 1.89. The van der Waals surface area contributed by atoms with Gasteiger partial charge in [-0.1, -0.05) is 0 Å². The van der Waals surface area contributed by atoms with E-state index in [0.29, 0.717) is 12.1 Å². The van der Waals surface area contributed by atoms with Crippen molar-refractivity contribution >= 4 is 11.3 Å². The monoisotopic (exact) mass is 283 g/mol. The summed E-state index contributed by atoms with van der Waals surface area (Å²) in [5, 5.41) is 3.26. The summed E-state index contributed by atoms with van der Waals surface area (Å²) >= 11 is 1.74. The molecule has 2 fully saturated rings. The number of hydrogen-bond acceptors (Lipinski definition) is 6. The van der Waals surface area contributed by atoms with Crippen LogP contribution in [0, 0.1) is 0 Å². The fourth-order valence-corrected chi connectivity index (χ4v) is 3.69. The molecule has 2 saturated heterocycles. The third-order valence-corrected chi connectivity index (χ3v) is 4.66. The first kappa shape index (κ1) is 13.5. The number of hydrogen-bond donors (Lipinski definition) is 0. The summed E-state index contributed by atoms with van der Waals surface area (Å²) in [5.41, 5.74) is 0. The molecule has 6 heteroatoms. The van der Waals surface area contributed by atoms with Gasteiger partial charge in [-0.15, -0.1) is 11.3 Å². The van der Waals surface area contributed by atoms with Crippen LogP contribution in [-0.2, 0) is 16.0 Å². The predicted molar refractivity (Wildman–Crippen MR) is 74.4 cm³/mol. The van der Waals surface area contributed by atoms with Gasteiger partial charge in [-0.3, -0.25) is 9.80 Å². The minimum atomic E-state index is 0.502. The summed E-state index contributed by atoms with van der Waals surface area (Å²) in [7, 11) is 1.77. The molecule has 0 spiro atoms. The molecule has 2 aliphatic heterocycles. The Bertz CT molecular complexity index is 373. The zero-order valence-electron chi connectivity index (χ0n) is 11.3. The SMILES string of the molecule is COCCN1[C@H]2COC[C@H]1CN(Cc1nccs1)C2. The number of nitrogens with zero attached hydrogens (tertiary/aromatic N) is 3. The minimum Gasteiger partial charge on any atom is -0.383 e. The van der Waals surface area contributed by atoms with Crippen LogP contribution in [-0.4, -0.2) is 73.4 Å². The van der Waals surface area contributed by atoms with Crippen molar-refractivity contribution in [2.75, 3.05) is 46.6 Å². The Hall–Kier alpha value is -0.530. The first-order chi connectivity index (χ1) is 9.36. The van der Waals surface area contributed by atoms with E-state index >= 15 is 0 Å². The summed E-state index contributed by atoms with van der Waals surface area (Å²) in [4.78, 5) is 9.46. The normalized spacial score (nSPS) is 28.7. The van der Waals surface area contributed by atoms with E-state index in [-0.39, 0.29) is 0 Å². The minimum absolute atomic E-state index is 0.502. The van der Waals surface area contributed by atoms with E-state index in [1.54, 1.807) is 18.4 Å². The van der Waals surface area contributed by atoms with Gasteiger partial charge < -0.3 is 9.47 Å². The number of ether oxygens (including phenoxy) is 2. The van der Waals surface area contributed by atoms with Gasteiger partial charge in [0.15, 0.2) is 0 Å². The lowest BCUT2D eigenvalue weighted by atomic mass is 10.0. The van der Waals surface area contributed by atoms with Crippen molar-refractivity contribution in [2.24, 2.45) is 0 Å². The number of morpholine rings is 1. The summed E-state index contributed by atoms with van der Waals surface area (Å²) in [6, 6.07) is 1.00. The highest BCUT2D eigenvalue weighted by Gasteiger charge is 2.37. The third-order valence-electron chi connectivity index (χ3n) is 3.89. The number of piperazine rings is 1. The summed E-state index contributed by atoms with van der Waals surface area (Å²) in [6.45, 7) is 6.62. The highest BCUT2D eigenvalue weighted by atomic mass is 32.1. The predicted octanol–water partition coefficient (Wildman–Crippen LogP) is 0.674. The molecule has 19 heavy (non-hydrogen) atoms. The Kier molecular flexibility index (Phi) is 4.45. The highest BCUT2D eigenvalue weighted by Crippen LogP contribution is 2.22. The maximum atomic E-state index is 5.71. The van der Waals surface area contributed by atoms with E-state index in [2.05, 4.69) is 14.8 Å². The maximum absolute atomic E-state index is 5.71.